The number of aryl methyl sites for hydroxylation is 1. The van der Waals surface area contributed by atoms with E-state index in [2.05, 4.69) is 15.3 Å². The number of aromatic nitrogens is 1. The summed E-state index contributed by atoms with van der Waals surface area (Å²) in [7, 11) is 0. The van der Waals surface area contributed by atoms with Gasteiger partial charge in [-0.25, -0.2) is 4.98 Å². The SMILES string of the molecule is Cc1nc(-c2ccsc2)sc1C(=O)N1CCN(CCO)CC1. The number of carbonyl (C=O) groups is 1. The van der Waals surface area contributed by atoms with Crippen LogP contribution in [-0.4, -0.2) is 65.1 Å². The fourth-order valence-electron chi connectivity index (χ4n) is 2.56. The third kappa shape index (κ3) is 3.22. The molecule has 1 N–H and O–H groups in total. The molecular weight excluding hydrogens is 318 g/mol. The van der Waals surface area contributed by atoms with Crippen LogP contribution in [0.15, 0.2) is 16.8 Å². The molecule has 1 aliphatic rings. The first kappa shape index (κ1) is 15.6. The smallest absolute Gasteiger partial charge is 0.265 e. The topological polar surface area (TPSA) is 56.7 Å². The normalized spacial score (nSPS) is 16.2. The Hall–Kier alpha value is -1.28. The maximum absolute atomic E-state index is 12.7. The number of carbonyl (C=O) groups excluding carboxylic acids is 1. The Morgan fingerprint density at radius 1 is 1.36 bits per heavy atom. The van der Waals surface area contributed by atoms with Crippen LogP contribution < -0.4 is 0 Å². The molecule has 22 heavy (non-hydrogen) atoms. The third-order valence-electron chi connectivity index (χ3n) is 3.83. The first-order valence-electron chi connectivity index (χ1n) is 7.31. The molecule has 0 aromatic carbocycles. The van der Waals surface area contributed by atoms with Crippen LogP contribution in [0, 0.1) is 6.92 Å². The fraction of sp³-hybridized carbons (Fsp3) is 0.467. The largest absolute Gasteiger partial charge is 0.395 e. The number of β-amino-alcohol motifs (C(OH)–C–C–N with tert-alkyl or cyclic N) is 1. The molecule has 0 bridgehead atoms. The highest BCUT2D eigenvalue weighted by Gasteiger charge is 2.25. The number of nitrogens with zero attached hydrogens (tertiary/aromatic N) is 3. The van der Waals surface area contributed by atoms with E-state index < -0.39 is 0 Å². The van der Waals surface area contributed by atoms with Gasteiger partial charge in [-0.1, -0.05) is 0 Å². The van der Waals surface area contributed by atoms with E-state index in [1.165, 1.54) is 11.3 Å². The summed E-state index contributed by atoms with van der Waals surface area (Å²) >= 11 is 3.12. The highest BCUT2D eigenvalue weighted by Crippen LogP contribution is 2.30. The zero-order chi connectivity index (χ0) is 15.5. The average molecular weight is 337 g/mol. The Morgan fingerprint density at radius 2 is 2.14 bits per heavy atom. The maximum Gasteiger partial charge on any atom is 0.265 e. The van der Waals surface area contributed by atoms with E-state index in [9.17, 15) is 4.79 Å². The van der Waals surface area contributed by atoms with Crippen molar-refractivity contribution in [2.45, 2.75) is 6.92 Å². The van der Waals surface area contributed by atoms with Crippen molar-refractivity contribution in [3.63, 3.8) is 0 Å². The van der Waals surface area contributed by atoms with E-state index in [0.29, 0.717) is 19.6 Å². The van der Waals surface area contributed by atoms with E-state index in [-0.39, 0.29) is 12.5 Å². The zero-order valence-corrected chi connectivity index (χ0v) is 14.1. The lowest BCUT2D eigenvalue weighted by atomic mass is 10.2. The van der Waals surface area contributed by atoms with E-state index in [1.54, 1.807) is 11.3 Å². The minimum atomic E-state index is 0.0835. The van der Waals surface area contributed by atoms with Crippen molar-refractivity contribution in [1.29, 1.82) is 0 Å². The standard InChI is InChI=1S/C15H19N3O2S2/c1-11-13(22-14(16-11)12-2-9-21-10-12)15(20)18-5-3-17(4-6-18)7-8-19/h2,9-10,19H,3-8H2,1H3. The quantitative estimate of drug-likeness (QED) is 0.926. The predicted octanol–water partition coefficient (Wildman–Crippen LogP) is 1.93. The number of thiophene rings is 1. The van der Waals surface area contributed by atoms with E-state index in [4.69, 9.17) is 5.11 Å². The highest BCUT2D eigenvalue weighted by atomic mass is 32.1. The van der Waals surface area contributed by atoms with E-state index >= 15 is 0 Å². The first-order chi connectivity index (χ1) is 10.7. The summed E-state index contributed by atoms with van der Waals surface area (Å²) in [5.74, 6) is 0.0835. The summed E-state index contributed by atoms with van der Waals surface area (Å²) in [5.41, 5.74) is 1.90. The van der Waals surface area contributed by atoms with Crippen LogP contribution in [0.3, 0.4) is 0 Å². The van der Waals surface area contributed by atoms with Gasteiger partial charge in [0, 0.05) is 43.7 Å². The van der Waals surface area contributed by atoms with Crippen molar-refractivity contribution in [2.24, 2.45) is 0 Å². The van der Waals surface area contributed by atoms with Gasteiger partial charge in [0.1, 0.15) is 9.88 Å². The molecular formula is C15H19N3O2S2. The Kier molecular flexibility index (Phi) is 4.87. The number of piperazine rings is 1. The van der Waals surface area contributed by atoms with Crippen LogP contribution in [0.25, 0.3) is 10.6 Å². The van der Waals surface area contributed by atoms with Gasteiger partial charge in [-0.15, -0.1) is 11.3 Å². The maximum atomic E-state index is 12.7. The van der Waals surface area contributed by atoms with Crippen LogP contribution in [0.2, 0.25) is 0 Å². The molecule has 1 fully saturated rings. The lowest BCUT2D eigenvalue weighted by Crippen LogP contribution is -2.49. The van der Waals surface area contributed by atoms with Crippen molar-refractivity contribution < 1.29 is 9.90 Å². The Labute approximate surface area is 137 Å². The Morgan fingerprint density at radius 3 is 2.77 bits per heavy atom. The highest BCUT2D eigenvalue weighted by molar-refractivity contribution is 7.17. The Bertz CT molecular complexity index is 631. The number of amides is 1. The van der Waals surface area contributed by atoms with Gasteiger partial charge in [0.2, 0.25) is 0 Å². The molecule has 7 heteroatoms. The van der Waals surface area contributed by atoms with Crippen LogP contribution in [-0.2, 0) is 0 Å². The van der Waals surface area contributed by atoms with Crippen molar-refractivity contribution in [1.82, 2.24) is 14.8 Å². The summed E-state index contributed by atoms with van der Waals surface area (Å²) in [6.07, 6.45) is 0. The summed E-state index contributed by atoms with van der Waals surface area (Å²) in [6, 6.07) is 2.03. The molecule has 2 aromatic rings. The fourth-order valence-corrected chi connectivity index (χ4v) is 4.31. The third-order valence-corrected chi connectivity index (χ3v) is 5.71. The summed E-state index contributed by atoms with van der Waals surface area (Å²) in [6.45, 7) is 5.83. The molecule has 3 rings (SSSR count). The van der Waals surface area contributed by atoms with E-state index in [1.807, 2.05) is 23.3 Å². The number of thiazole rings is 1. The number of aliphatic hydroxyl groups excluding tert-OH is 1. The van der Waals surface area contributed by atoms with Gasteiger partial charge < -0.3 is 10.0 Å². The van der Waals surface area contributed by atoms with Crippen molar-refractivity contribution in [3.8, 4) is 10.6 Å². The molecule has 0 radical (unpaired) electrons. The molecule has 1 aliphatic heterocycles. The van der Waals surface area contributed by atoms with Crippen molar-refractivity contribution >= 4 is 28.6 Å². The van der Waals surface area contributed by atoms with Gasteiger partial charge in [-0.3, -0.25) is 9.69 Å². The molecule has 1 saturated heterocycles. The second-order valence-electron chi connectivity index (χ2n) is 5.30. The van der Waals surface area contributed by atoms with Crippen LogP contribution in [0.5, 0.6) is 0 Å². The van der Waals surface area contributed by atoms with Crippen molar-refractivity contribution in [2.75, 3.05) is 39.3 Å². The molecule has 0 atom stereocenters. The predicted molar refractivity (Wildman–Crippen MR) is 89.6 cm³/mol. The second-order valence-corrected chi connectivity index (χ2v) is 7.08. The molecule has 2 aromatic heterocycles. The number of rotatable bonds is 4. The minimum absolute atomic E-state index is 0.0835. The lowest BCUT2D eigenvalue weighted by Gasteiger charge is -2.34. The van der Waals surface area contributed by atoms with Gasteiger partial charge in [0.15, 0.2) is 0 Å². The molecule has 5 nitrogen and oxygen atoms in total. The molecule has 0 unspecified atom stereocenters. The number of hydrogen-bond acceptors (Lipinski definition) is 6. The minimum Gasteiger partial charge on any atom is -0.395 e. The molecule has 3 heterocycles. The van der Waals surface area contributed by atoms with Gasteiger partial charge in [0.05, 0.1) is 12.3 Å². The van der Waals surface area contributed by atoms with Gasteiger partial charge in [0.25, 0.3) is 5.91 Å². The molecule has 0 spiro atoms. The van der Waals surface area contributed by atoms with Crippen LogP contribution in [0.4, 0.5) is 0 Å². The monoisotopic (exact) mass is 337 g/mol. The lowest BCUT2D eigenvalue weighted by molar-refractivity contribution is 0.0618. The summed E-state index contributed by atoms with van der Waals surface area (Å²) in [5, 5.41) is 14.0. The van der Waals surface area contributed by atoms with Gasteiger partial charge in [-0.2, -0.15) is 11.3 Å². The van der Waals surface area contributed by atoms with Crippen LogP contribution >= 0.6 is 22.7 Å². The summed E-state index contributed by atoms with van der Waals surface area (Å²) in [4.78, 5) is 22.1. The van der Waals surface area contributed by atoms with E-state index in [0.717, 1.165) is 34.2 Å². The molecule has 1 amide bonds. The number of aliphatic hydroxyl groups is 1. The molecule has 118 valence electrons. The zero-order valence-electron chi connectivity index (χ0n) is 12.5. The summed E-state index contributed by atoms with van der Waals surface area (Å²) < 4.78 is 0. The Balaban J connectivity index is 1.71. The second kappa shape index (κ2) is 6.87. The van der Waals surface area contributed by atoms with Gasteiger partial charge >= 0.3 is 0 Å². The first-order valence-corrected chi connectivity index (χ1v) is 9.07. The van der Waals surface area contributed by atoms with Gasteiger partial charge in [-0.05, 0) is 18.4 Å². The van der Waals surface area contributed by atoms with Crippen molar-refractivity contribution in [3.05, 3.63) is 27.4 Å². The van der Waals surface area contributed by atoms with Crippen LogP contribution in [0.1, 0.15) is 15.4 Å². The molecule has 0 aliphatic carbocycles. The number of hydrogen-bond donors (Lipinski definition) is 1. The average Bonchev–Trinajstić information content (AvgIpc) is 3.17. The molecule has 0 saturated carbocycles.